The number of hydrogen-bond donors (Lipinski definition) is 2. The van der Waals surface area contributed by atoms with Crippen LogP contribution in [0.5, 0.6) is 0 Å². The molecule has 3 nitrogen and oxygen atoms in total. The normalized spacial score (nSPS) is 18.6. The lowest BCUT2D eigenvalue weighted by molar-refractivity contribution is 0.361. The van der Waals surface area contributed by atoms with Crippen LogP contribution in [0, 0.1) is 12.3 Å². The highest BCUT2D eigenvalue weighted by atomic mass is 15.0. The van der Waals surface area contributed by atoms with Crippen molar-refractivity contribution in [3.05, 3.63) is 17.8 Å². The number of aryl methyl sites for hydroxylation is 1. The average Bonchev–Trinajstić information content (AvgIpc) is 2.68. The van der Waals surface area contributed by atoms with Gasteiger partial charge in [-0.2, -0.15) is 0 Å². The molecule has 0 atom stereocenters. The van der Waals surface area contributed by atoms with E-state index in [9.17, 15) is 0 Å². The van der Waals surface area contributed by atoms with E-state index in [0.717, 1.165) is 23.6 Å². The summed E-state index contributed by atoms with van der Waals surface area (Å²) >= 11 is 0. The number of pyridine rings is 1. The lowest BCUT2D eigenvalue weighted by Gasteiger charge is -2.24. The summed E-state index contributed by atoms with van der Waals surface area (Å²) in [7, 11) is 0. The fourth-order valence-electron chi connectivity index (χ4n) is 2.41. The van der Waals surface area contributed by atoms with E-state index in [0.29, 0.717) is 5.41 Å². The van der Waals surface area contributed by atoms with Crippen LogP contribution >= 0.6 is 0 Å². The van der Waals surface area contributed by atoms with E-state index in [2.05, 4.69) is 17.2 Å². The van der Waals surface area contributed by atoms with Crippen LogP contribution in [-0.2, 0) is 0 Å². The Kier molecular flexibility index (Phi) is 3.03. The summed E-state index contributed by atoms with van der Waals surface area (Å²) in [5.41, 5.74) is 8.29. The summed E-state index contributed by atoms with van der Waals surface area (Å²) in [6.07, 6.45) is 7.15. The third kappa shape index (κ3) is 2.29. The largest absolute Gasteiger partial charge is 0.396 e. The Balaban J connectivity index is 2.02. The molecule has 88 valence electrons. The van der Waals surface area contributed by atoms with Gasteiger partial charge < -0.3 is 11.1 Å². The van der Waals surface area contributed by atoms with Gasteiger partial charge in [-0.3, -0.25) is 0 Å². The van der Waals surface area contributed by atoms with Gasteiger partial charge in [-0.05, 0) is 36.8 Å². The Morgan fingerprint density at radius 1 is 1.44 bits per heavy atom. The molecule has 0 spiro atoms. The maximum atomic E-state index is 5.99. The van der Waals surface area contributed by atoms with Crippen molar-refractivity contribution in [2.24, 2.45) is 5.41 Å². The van der Waals surface area contributed by atoms with Gasteiger partial charge in [0.25, 0.3) is 0 Å². The fraction of sp³-hybridized carbons (Fsp3) is 0.615. The minimum Gasteiger partial charge on any atom is -0.396 e. The molecule has 0 saturated heterocycles. The van der Waals surface area contributed by atoms with E-state index < -0.39 is 0 Å². The molecule has 3 heteroatoms. The molecule has 1 aliphatic carbocycles. The number of anilines is 2. The van der Waals surface area contributed by atoms with Gasteiger partial charge in [-0.15, -0.1) is 0 Å². The Morgan fingerprint density at radius 3 is 2.81 bits per heavy atom. The second-order valence-corrected chi connectivity index (χ2v) is 5.26. The van der Waals surface area contributed by atoms with Crippen molar-refractivity contribution in [2.45, 2.75) is 39.5 Å². The minimum absolute atomic E-state index is 0.428. The maximum Gasteiger partial charge on any atom is 0.149 e. The van der Waals surface area contributed by atoms with E-state index in [1.54, 1.807) is 0 Å². The first-order chi connectivity index (χ1) is 7.61. The summed E-state index contributed by atoms with van der Waals surface area (Å²) in [5.74, 6) is 0.841. The smallest absolute Gasteiger partial charge is 0.149 e. The van der Waals surface area contributed by atoms with Crippen molar-refractivity contribution in [3.8, 4) is 0 Å². The average molecular weight is 219 g/mol. The van der Waals surface area contributed by atoms with Gasteiger partial charge in [0.1, 0.15) is 5.82 Å². The van der Waals surface area contributed by atoms with Crippen LogP contribution in [0.25, 0.3) is 0 Å². The van der Waals surface area contributed by atoms with Crippen LogP contribution in [0.15, 0.2) is 12.3 Å². The number of rotatable bonds is 3. The molecule has 3 N–H and O–H groups in total. The molecule has 0 aromatic carbocycles. The minimum atomic E-state index is 0.428. The number of nitrogens with zero attached hydrogens (tertiary/aromatic N) is 1. The third-order valence-electron chi connectivity index (χ3n) is 3.70. The standard InChI is InChI=1S/C13H21N3/c1-10-5-8-15-12(11(10)14)16-9-13(2)6-3-4-7-13/h5,8H,3-4,6-7,9,14H2,1-2H3,(H,15,16). The van der Waals surface area contributed by atoms with Crippen LogP contribution in [0.3, 0.4) is 0 Å². The van der Waals surface area contributed by atoms with Crippen LogP contribution in [-0.4, -0.2) is 11.5 Å². The predicted molar refractivity (Wildman–Crippen MR) is 68.5 cm³/mol. The maximum absolute atomic E-state index is 5.99. The van der Waals surface area contributed by atoms with Crippen LogP contribution < -0.4 is 11.1 Å². The van der Waals surface area contributed by atoms with Crippen molar-refractivity contribution >= 4 is 11.5 Å². The van der Waals surface area contributed by atoms with Crippen molar-refractivity contribution in [3.63, 3.8) is 0 Å². The second-order valence-electron chi connectivity index (χ2n) is 5.26. The van der Waals surface area contributed by atoms with Gasteiger partial charge >= 0.3 is 0 Å². The van der Waals surface area contributed by atoms with E-state index in [-0.39, 0.29) is 0 Å². The lowest BCUT2D eigenvalue weighted by atomic mass is 9.89. The monoisotopic (exact) mass is 219 g/mol. The zero-order valence-corrected chi connectivity index (χ0v) is 10.2. The molecule has 0 radical (unpaired) electrons. The number of hydrogen-bond acceptors (Lipinski definition) is 3. The summed E-state index contributed by atoms with van der Waals surface area (Å²) in [6.45, 7) is 5.34. The van der Waals surface area contributed by atoms with Crippen LogP contribution in [0.4, 0.5) is 11.5 Å². The molecular formula is C13H21N3. The SMILES string of the molecule is Cc1ccnc(NCC2(C)CCCC2)c1N. The Bertz CT molecular complexity index is 367. The molecule has 0 unspecified atom stereocenters. The molecule has 0 aliphatic heterocycles. The Morgan fingerprint density at radius 2 is 2.12 bits per heavy atom. The quantitative estimate of drug-likeness (QED) is 0.821. The number of nitrogen functional groups attached to an aromatic ring is 1. The molecule has 1 heterocycles. The van der Waals surface area contributed by atoms with Gasteiger partial charge in [0, 0.05) is 12.7 Å². The highest BCUT2D eigenvalue weighted by Gasteiger charge is 2.28. The predicted octanol–water partition coefficient (Wildman–Crippen LogP) is 2.96. The molecule has 0 amide bonds. The van der Waals surface area contributed by atoms with Gasteiger partial charge in [-0.1, -0.05) is 19.8 Å². The Hall–Kier alpha value is -1.25. The van der Waals surface area contributed by atoms with Gasteiger partial charge in [0.2, 0.25) is 0 Å². The van der Waals surface area contributed by atoms with E-state index in [1.165, 1.54) is 25.7 Å². The van der Waals surface area contributed by atoms with Gasteiger partial charge in [0.05, 0.1) is 5.69 Å². The summed E-state index contributed by atoms with van der Waals surface area (Å²) < 4.78 is 0. The Labute approximate surface area is 97.5 Å². The van der Waals surface area contributed by atoms with Crippen molar-refractivity contribution < 1.29 is 0 Å². The molecule has 1 aromatic heterocycles. The first-order valence-electron chi connectivity index (χ1n) is 6.06. The molecule has 2 rings (SSSR count). The van der Waals surface area contributed by atoms with Gasteiger partial charge in [0.15, 0.2) is 0 Å². The second kappa shape index (κ2) is 4.32. The number of nitrogens with two attached hydrogens (primary N) is 1. The molecule has 1 saturated carbocycles. The summed E-state index contributed by atoms with van der Waals surface area (Å²) in [5, 5.41) is 3.40. The highest BCUT2D eigenvalue weighted by molar-refractivity contribution is 5.64. The summed E-state index contributed by atoms with van der Waals surface area (Å²) in [6, 6.07) is 1.94. The van der Waals surface area contributed by atoms with E-state index in [1.807, 2.05) is 19.2 Å². The number of nitrogens with one attached hydrogen (secondary N) is 1. The van der Waals surface area contributed by atoms with E-state index >= 15 is 0 Å². The lowest BCUT2D eigenvalue weighted by Crippen LogP contribution is -2.23. The highest BCUT2D eigenvalue weighted by Crippen LogP contribution is 2.37. The first-order valence-corrected chi connectivity index (χ1v) is 6.06. The zero-order valence-electron chi connectivity index (χ0n) is 10.2. The molecular weight excluding hydrogens is 198 g/mol. The molecule has 16 heavy (non-hydrogen) atoms. The van der Waals surface area contributed by atoms with Gasteiger partial charge in [-0.25, -0.2) is 4.98 Å². The third-order valence-corrected chi connectivity index (χ3v) is 3.70. The molecule has 0 bridgehead atoms. The van der Waals surface area contributed by atoms with Crippen molar-refractivity contribution in [1.29, 1.82) is 0 Å². The van der Waals surface area contributed by atoms with Crippen molar-refractivity contribution in [2.75, 3.05) is 17.6 Å². The zero-order chi connectivity index (χ0) is 11.6. The first kappa shape index (κ1) is 11.2. The van der Waals surface area contributed by atoms with E-state index in [4.69, 9.17) is 5.73 Å². The van der Waals surface area contributed by atoms with Crippen LogP contribution in [0.1, 0.15) is 38.2 Å². The summed E-state index contributed by atoms with van der Waals surface area (Å²) in [4.78, 5) is 4.30. The molecule has 1 aromatic rings. The number of aromatic nitrogens is 1. The fourth-order valence-corrected chi connectivity index (χ4v) is 2.41. The topological polar surface area (TPSA) is 50.9 Å². The van der Waals surface area contributed by atoms with Crippen molar-refractivity contribution in [1.82, 2.24) is 4.98 Å². The molecule has 1 aliphatic rings. The molecule has 1 fully saturated rings. The van der Waals surface area contributed by atoms with Crippen LogP contribution in [0.2, 0.25) is 0 Å².